The van der Waals surface area contributed by atoms with Crippen LogP contribution < -0.4 is 10.6 Å². The molecule has 3 N–H and O–H groups in total. The average molecular weight is 339 g/mol. The zero-order valence-electron chi connectivity index (χ0n) is 13.7. The van der Waals surface area contributed by atoms with Gasteiger partial charge in [0.2, 0.25) is 5.95 Å². The molecule has 25 heavy (non-hydrogen) atoms. The molecule has 2 aromatic heterocycles. The first kappa shape index (κ1) is 16.8. The van der Waals surface area contributed by atoms with Crippen LogP contribution in [0.5, 0.6) is 0 Å². The fourth-order valence-corrected chi connectivity index (χ4v) is 2.30. The zero-order chi connectivity index (χ0) is 17.6. The highest BCUT2D eigenvalue weighted by Crippen LogP contribution is 2.24. The minimum atomic E-state index is -0.254. The van der Waals surface area contributed by atoms with Crippen molar-refractivity contribution in [2.24, 2.45) is 0 Å². The Hall–Kier alpha value is -3.06. The molecule has 0 saturated heterocycles. The van der Waals surface area contributed by atoms with Crippen molar-refractivity contribution in [3.05, 3.63) is 60.2 Å². The van der Waals surface area contributed by atoms with Gasteiger partial charge in [-0.05, 0) is 42.8 Å². The molecule has 0 aliphatic carbocycles. The van der Waals surface area contributed by atoms with E-state index in [-0.39, 0.29) is 12.4 Å². The number of aromatic nitrogens is 3. The molecule has 0 unspecified atom stereocenters. The summed E-state index contributed by atoms with van der Waals surface area (Å²) < 4.78 is 13.4. The Morgan fingerprint density at radius 2 is 1.88 bits per heavy atom. The molecular formula is C18H18FN5O. The van der Waals surface area contributed by atoms with Crippen LogP contribution >= 0.6 is 0 Å². The van der Waals surface area contributed by atoms with E-state index in [1.807, 2.05) is 12.1 Å². The number of benzene rings is 1. The van der Waals surface area contributed by atoms with Gasteiger partial charge in [0.15, 0.2) is 0 Å². The maximum Gasteiger partial charge on any atom is 0.225 e. The Kier molecular flexibility index (Phi) is 5.15. The number of aryl methyl sites for hydroxylation is 1. The molecule has 0 bridgehead atoms. The highest BCUT2D eigenvalue weighted by molar-refractivity contribution is 5.67. The SMILES string of the molecule is Cc1cc(Nc2cc(-c3ccncc3)nc(NCCO)n2)ccc1F. The van der Waals surface area contributed by atoms with Gasteiger partial charge in [-0.3, -0.25) is 4.98 Å². The molecule has 0 atom stereocenters. The van der Waals surface area contributed by atoms with Gasteiger partial charge in [0.25, 0.3) is 0 Å². The van der Waals surface area contributed by atoms with Gasteiger partial charge in [0, 0.05) is 36.3 Å². The Bertz CT molecular complexity index is 857. The monoisotopic (exact) mass is 339 g/mol. The number of anilines is 3. The molecule has 0 spiro atoms. The lowest BCUT2D eigenvalue weighted by Crippen LogP contribution is -2.10. The first-order valence-electron chi connectivity index (χ1n) is 7.83. The van der Waals surface area contributed by atoms with E-state index in [2.05, 4.69) is 25.6 Å². The topological polar surface area (TPSA) is 83.0 Å². The number of pyridine rings is 1. The van der Waals surface area contributed by atoms with E-state index in [4.69, 9.17) is 5.11 Å². The fraction of sp³-hybridized carbons (Fsp3) is 0.167. The number of hydrogen-bond acceptors (Lipinski definition) is 6. The molecule has 3 aromatic rings. The number of aliphatic hydroxyl groups is 1. The highest BCUT2D eigenvalue weighted by Gasteiger charge is 2.08. The van der Waals surface area contributed by atoms with E-state index < -0.39 is 0 Å². The summed E-state index contributed by atoms with van der Waals surface area (Å²) in [5.74, 6) is 0.703. The van der Waals surface area contributed by atoms with Crippen LogP contribution in [-0.2, 0) is 0 Å². The van der Waals surface area contributed by atoms with Crippen LogP contribution in [-0.4, -0.2) is 33.2 Å². The molecular weight excluding hydrogens is 321 g/mol. The number of hydrogen-bond donors (Lipinski definition) is 3. The van der Waals surface area contributed by atoms with Crippen LogP contribution in [0.4, 0.5) is 21.8 Å². The molecule has 0 saturated carbocycles. The number of aliphatic hydroxyl groups excluding tert-OH is 1. The molecule has 0 aliphatic heterocycles. The smallest absolute Gasteiger partial charge is 0.225 e. The van der Waals surface area contributed by atoms with Crippen LogP contribution in [0.15, 0.2) is 48.8 Å². The van der Waals surface area contributed by atoms with Crippen molar-refractivity contribution in [1.82, 2.24) is 15.0 Å². The molecule has 7 heteroatoms. The molecule has 0 aliphatic rings. The Morgan fingerprint density at radius 3 is 2.60 bits per heavy atom. The fourth-order valence-electron chi connectivity index (χ4n) is 2.30. The Labute approximate surface area is 144 Å². The summed E-state index contributed by atoms with van der Waals surface area (Å²) in [4.78, 5) is 12.9. The quantitative estimate of drug-likeness (QED) is 0.640. The second kappa shape index (κ2) is 7.67. The summed E-state index contributed by atoms with van der Waals surface area (Å²) >= 11 is 0. The van der Waals surface area contributed by atoms with E-state index in [0.29, 0.717) is 29.6 Å². The van der Waals surface area contributed by atoms with E-state index in [0.717, 1.165) is 11.3 Å². The number of rotatable bonds is 6. The summed E-state index contributed by atoms with van der Waals surface area (Å²) in [6.07, 6.45) is 3.38. The molecule has 128 valence electrons. The lowest BCUT2D eigenvalue weighted by atomic mass is 10.2. The predicted octanol–water partition coefficient (Wildman–Crippen LogP) is 3.13. The number of nitrogens with one attached hydrogen (secondary N) is 2. The maximum absolute atomic E-state index is 13.4. The molecule has 1 aromatic carbocycles. The third-order valence-electron chi connectivity index (χ3n) is 3.53. The third-order valence-corrected chi connectivity index (χ3v) is 3.53. The van der Waals surface area contributed by atoms with E-state index >= 15 is 0 Å². The summed E-state index contributed by atoms with van der Waals surface area (Å²) in [6.45, 7) is 2.02. The average Bonchev–Trinajstić information content (AvgIpc) is 2.63. The summed E-state index contributed by atoms with van der Waals surface area (Å²) in [7, 11) is 0. The van der Waals surface area contributed by atoms with Crippen molar-refractivity contribution >= 4 is 17.5 Å². The van der Waals surface area contributed by atoms with E-state index in [1.165, 1.54) is 6.07 Å². The molecule has 0 fully saturated rings. The minimum Gasteiger partial charge on any atom is -0.395 e. The zero-order valence-corrected chi connectivity index (χ0v) is 13.7. The third kappa shape index (κ3) is 4.27. The lowest BCUT2D eigenvalue weighted by Gasteiger charge is -2.11. The molecule has 6 nitrogen and oxygen atoms in total. The predicted molar refractivity (Wildman–Crippen MR) is 95.3 cm³/mol. The number of halogens is 1. The van der Waals surface area contributed by atoms with Gasteiger partial charge in [-0.2, -0.15) is 4.98 Å². The lowest BCUT2D eigenvalue weighted by molar-refractivity contribution is 0.311. The first-order valence-corrected chi connectivity index (χ1v) is 7.83. The Balaban J connectivity index is 1.95. The minimum absolute atomic E-state index is 0.0250. The van der Waals surface area contributed by atoms with Crippen molar-refractivity contribution in [2.45, 2.75) is 6.92 Å². The van der Waals surface area contributed by atoms with Crippen LogP contribution in [0.1, 0.15) is 5.56 Å². The van der Waals surface area contributed by atoms with Gasteiger partial charge in [-0.15, -0.1) is 0 Å². The van der Waals surface area contributed by atoms with Gasteiger partial charge in [0.1, 0.15) is 11.6 Å². The molecule has 0 amide bonds. The standard InChI is InChI=1S/C18H18FN5O/c1-12-10-14(2-3-15(12)19)22-17-11-16(13-4-6-20-7-5-13)23-18(24-17)21-8-9-25/h2-7,10-11,25H,8-9H2,1H3,(H2,21,22,23,24). The number of nitrogens with zero attached hydrogens (tertiary/aromatic N) is 3. The van der Waals surface area contributed by atoms with Gasteiger partial charge in [-0.1, -0.05) is 0 Å². The van der Waals surface area contributed by atoms with Crippen LogP contribution in [0, 0.1) is 12.7 Å². The first-order chi connectivity index (χ1) is 12.2. The van der Waals surface area contributed by atoms with Crippen molar-refractivity contribution in [3.8, 4) is 11.3 Å². The van der Waals surface area contributed by atoms with Crippen molar-refractivity contribution < 1.29 is 9.50 Å². The second-order valence-electron chi connectivity index (χ2n) is 5.44. The van der Waals surface area contributed by atoms with Gasteiger partial charge >= 0.3 is 0 Å². The normalized spacial score (nSPS) is 10.5. The van der Waals surface area contributed by atoms with Gasteiger partial charge in [0.05, 0.1) is 12.3 Å². The van der Waals surface area contributed by atoms with Gasteiger partial charge in [-0.25, -0.2) is 9.37 Å². The van der Waals surface area contributed by atoms with Crippen LogP contribution in [0.3, 0.4) is 0 Å². The largest absolute Gasteiger partial charge is 0.395 e. The van der Waals surface area contributed by atoms with Crippen LogP contribution in [0.25, 0.3) is 11.3 Å². The van der Waals surface area contributed by atoms with Gasteiger partial charge < -0.3 is 15.7 Å². The van der Waals surface area contributed by atoms with Crippen molar-refractivity contribution in [2.75, 3.05) is 23.8 Å². The molecule has 0 radical (unpaired) electrons. The summed E-state index contributed by atoms with van der Waals surface area (Å²) in [5, 5.41) is 15.1. The summed E-state index contributed by atoms with van der Waals surface area (Å²) in [5.41, 5.74) is 2.88. The van der Waals surface area contributed by atoms with E-state index in [9.17, 15) is 4.39 Å². The van der Waals surface area contributed by atoms with Crippen LogP contribution in [0.2, 0.25) is 0 Å². The Morgan fingerprint density at radius 1 is 1.08 bits per heavy atom. The van der Waals surface area contributed by atoms with Crippen molar-refractivity contribution in [3.63, 3.8) is 0 Å². The van der Waals surface area contributed by atoms with E-state index in [1.54, 1.807) is 37.5 Å². The highest BCUT2D eigenvalue weighted by atomic mass is 19.1. The molecule has 3 rings (SSSR count). The molecule has 2 heterocycles. The second-order valence-corrected chi connectivity index (χ2v) is 5.44. The summed E-state index contributed by atoms with van der Waals surface area (Å²) in [6, 6.07) is 10.3. The van der Waals surface area contributed by atoms with Crippen molar-refractivity contribution in [1.29, 1.82) is 0 Å². The maximum atomic E-state index is 13.4.